The number of rotatable bonds is 8. The van der Waals surface area contributed by atoms with Crippen LogP contribution in [0.2, 0.25) is 5.02 Å². The van der Waals surface area contributed by atoms with E-state index in [1.165, 1.54) is 0 Å². The lowest BCUT2D eigenvalue weighted by molar-refractivity contribution is -0.128. The molecule has 0 aromatic heterocycles. The van der Waals surface area contributed by atoms with Gasteiger partial charge in [0.25, 0.3) is 0 Å². The summed E-state index contributed by atoms with van der Waals surface area (Å²) in [5, 5.41) is 5.90. The first-order valence-corrected chi connectivity index (χ1v) is 8.43. The molecule has 6 nitrogen and oxygen atoms in total. The minimum Gasteiger partial charge on any atom is -0.344 e. The van der Waals surface area contributed by atoms with Gasteiger partial charge in [0.1, 0.15) is 0 Å². The Hall–Kier alpha value is -1.79. The van der Waals surface area contributed by atoms with Crippen molar-refractivity contribution in [2.75, 3.05) is 20.1 Å². The van der Waals surface area contributed by atoms with Gasteiger partial charge in [-0.2, -0.15) is 0 Å². The first kappa shape index (κ1) is 20.3. The average molecular weight is 355 g/mol. The van der Waals surface area contributed by atoms with Gasteiger partial charge in [-0.3, -0.25) is 4.79 Å². The van der Waals surface area contributed by atoms with E-state index in [1.807, 2.05) is 12.1 Å². The predicted octanol–water partition coefficient (Wildman–Crippen LogP) is 1.97. The lowest BCUT2D eigenvalue weighted by atomic mass is 10.0. The van der Waals surface area contributed by atoms with Gasteiger partial charge in [0.05, 0.1) is 6.54 Å². The monoisotopic (exact) mass is 354 g/mol. The number of hydrogen-bond donors (Lipinski definition) is 3. The molecular weight excluding hydrogens is 328 g/mol. The number of hydrogen-bond acceptors (Lipinski definition) is 3. The lowest BCUT2D eigenvalue weighted by Gasteiger charge is -2.21. The van der Waals surface area contributed by atoms with Crippen molar-refractivity contribution in [2.45, 2.75) is 32.9 Å². The summed E-state index contributed by atoms with van der Waals surface area (Å²) in [4.78, 5) is 25.3. The number of amides is 3. The molecule has 0 fully saturated rings. The zero-order valence-corrected chi connectivity index (χ0v) is 15.3. The van der Waals surface area contributed by atoms with Gasteiger partial charge in [-0.15, -0.1) is 0 Å². The standard InChI is InChI=1S/C17H27ClN4O2/c1-12(2)15(19)8-9-22(3)16(23)11-21-17(24)20-10-13-4-6-14(18)7-5-13/h4-7,12,15H,8-11,19H2,1-3H3,(H2,20,21,24). The number of halogens is 1. The molecule has 1 rings (SSSR count). The highest BCUT2D eigenvalue weighted by Gasteiger charge is 2.13. The quantitative estimate of drug-likeness (QED) is 0.667. The third-order valence-electron chi connectivity index (χ3n) is 3.85. The molecule has 24 heavy (non-hydrogen) atoms. The van der Waals surface area contributed by atoms with Crippen LogP contribution in [0.1, 0.15) is 25.8 Å². The van der Waals surface area contributed by atoms with Crippen LogP contribution < -0.4 is 16.4 Å². The smallest absolute Gasteiger partial charge is 0.315 e. The molecule has 134 valence electrons. The Morgan fingerprint density at radius 3 is 2.42 bits per heavy atom. The maximum Gasteiger partial charge on any atom is 0.315 e. The van der Waals surface area contributed by atoms with Crippen LogP contribution in [0.25, 0.3) is 0 Å². The second kappa shape index (κ2) is 10.2. The van der Waals surface area contributed by atoms with Gasteiger partial charge in [-0.05, 0) is 30.0 Å². The molecule has 3 amide bonds. The number of carbonyl (C=O) groups excluding carboxylic acids is 2. The number of nitrogens with two attached hydrogens (primary N) is 1. The Morgan fingerprint density at radius 1 is 1.21 bits per heavy atom. The maximum absolute atomic E-state index is 12.0. The molecule has 0 aliphatic carbocycles. The van der Waals surface area contributed by atoms with Crippen molar-refractivity contribution in [3.63, 3.8) is 0 Å². The van der Waals surface area contributed by atoms with E-state index < -0.39 is 0 Å². The van der Waals surface area contributed by atoms with Crippen LogP contribution in [0.3, 0.4) is 0 Å². The third-order valence-corrected chi connectivity index (χ3v) is 4.10. The third kappa shape index (κ3) is 7.66. The van der Waals surface area contributed by atoms with Crippen molar-refractivity contribution in [2.24, 2.45) is 11.7 Å². The highest BCUT2D eigenvalue weighted by Crippen LogP contribution is 2.09. The van der Waals surface area contributed by atoms with Crippen LogP contribution in [-0.2, 0) is 11.3 Å². The van der Waals surface area contributed by atoms with Gasteiger partial charge in [-0.1, -0.05) is 37.6 Å². The fourth-order valence-electron chi connectivity index (χ4n) is 1.94. The van der Waals surface area contributed by atoms with E-state index in [-0.39, 0.29) is 24.5 Å². The summed E-state index contributed by atoms with van der Waals surface area (Å²) in [6, 6.07) is 6.87. The molecular formula is C17H27ClN4O2. The molecule has 0 saturated carbocycles. The average Bonchev–Trinajstić information content (AvgIpc) is 2.56. The first-order valence-electron chi connectivity index (χ1n) is 8.05. The van der Waals surface area contributed by atoms with Gasteiger partial charge in [0.15, 0.2) is 0 Å². The molecule has 0 saturated heterocycles. The highest BCUT2D eigenvalue weighted by molar-refractivity contribution is 6.30. The number of carbonyl (C=O) groups is 2. The number of nitrogens with zero attached hydrogens (tertiary/aromatic N) is 1. The normalized spacial score (nSPS) is 11.9. The summed E-state index contributed by atoms with van der Waals surface area (Å²) < 4.78 is 0. The van der Waals surface area contributed by atoms with Gasteiger partial charge in [0.2, 0.25) is 5.91 Å². The highest BCUT2D eigenvalue weighted by atomic mass is 35.5. The molecule has 0 aliphatic heterocycles. The summed E-state index contributed by atoms with van der Waals surface area (Å²) in [5.41, 5.74) is 6.90. The zero-order valence-electron chi connectivity index (χ0n) is 14.5. The molecule has 7 heteroatoms. The summed E-state index contributed by atoms with van der Waals surface area (Å²) in [6.07, 6.45) is 0.739. The molecule has 1 aromatic carbocycles. The summed E-state index contributed by atoms with van der Waals surface area (Å²) >= 11 is 5.80. The van der Waals surface area contributed by atoms with Crippen LogP contribution in [0, 0.1) is 5.92 Å². The van der Waals surface area contributed by atoms with Crippen LogP contribution >= 0.6 is 11.6 Å². The van der Waals surface area contributed by atoms with Crippen LogP contribution in [-0.4, -0.2) is 43.0 Å². The number of nitrogens with one attached hydrogen (secondary N) is 2. The fourth-order valence-corrected chi connectivity index (χ4v) is 2.06. The van der Waals surface area contributed by atoms with Crippen molar-refractivity contribution >= 4 is 23.5 Å². The Bertz CT molecular complexity index is 534. The van der Waals surface area contributed by atoms with E-state index in [0.717, 1.165) is 12.0 Å². The van der Waals surface area contributed by atoms with Crippen molar-refractivity contribution in [1.82, 2.24) is 15.5 Å². The molecule has 1 unspecified atom stereocenters. The van der Waals surface area contributed by atoms with Crippen LogP contribution in [0.5, 0.6) is 0 Å². The fraction of sp³-hybridized carbons (Fsp3) is 0.529. The Labute approximate surface area is 148 Å². The summed E-state index contributed by atoms with van der Waals surface area (Å²) in [7, 11) is 1.71. The Kier molecular flexibility index (Phi) is 8.57. The number of benzene rings is 1. The second-order valence-electron chi connectivity index (χ2n) is 6.17. The lowest BCUT2D eigenvalue weighted by Crippen LogP contribution is -2.43. The van der Waals surface area contributed by atoms with Crippen LogP contribution in [0.15, 0.2) is 24.3 Å². The van der Waals surface area contributed by atoms with E-state index >= 15 is 0 Å². The van der Waals surface area contributed by atoms with E-state index in [4.69, 9.17) is 17.3 Å². The molecule has 1 atom stereocenters. The second-order valence-corrected chi connectivity index (χ2v) is 6.61. The molecule has 0 heterocycles. The number of likely N-dealkylation sites (N-methyl/N-ethyl adjacent to an activating group) is 1. The zero-order chi connectivity index (χ0) is 18.1. The molecule has 1 aromatic rings. The number of urea groups is 1. The molecule has 0 spiro atoms. The molecule has 4 N–H and O–H groups in total. The van der Waals surface area contributed by atoms with Crippen molar-refractivity contribution < 1.29 is 9.59 Å². The Balaban J connectivity index is 2.25. The SMILES string of the molecule is CC(C)C(N)CCN(C)C(=O)CNC(=O)NCc1ccc(Cl)cc1. The van der Waals surface area contributed by atoms with Gasteiger partial charge < -0.3 is 21.3 Å². The van der Waals surface area contributed by atoms with E-state index in [0.29, 0.717) is 24.0 Å². The summed E-state index contributed by atoms with van der Waals surface area (Å²) in [5.74, 6) is 0.234. The molecule has 0 radical (unpaired) electrons. The minimum absolute atomic E-state index is 0.0418. The topological polar surface area (TPSA) is 87.5 Å². The van der Waals surface area contributed by atoms with Gasteiger partial charge in [0, 0.05) is 31.2 Å². The predicted molar refractivity (Wildman–Crippen MR) is 96.8 cm³/mol. The van der Waals surface area contributed by atoms with Crippen molar-refractivity contribution in [3.8, 4) is 0 Å². The van der Waals surface area contributed by atoms with Crippen molar-refractivity contribution in [3.05, 3.63) is 34.9 Å². The Morgan fingerprint density at radius 2 is 1.83 bits per heavy atom. The van der Waals surface area contributed by atoms with Crippen LogP contribution in [0.4, 0.5) is 4.79 Å². The maximum atomic E-state index is 12.0. The van der Waals surface area contributed by atoms with E-state index in [9.17, 15) is 9.59 Å². The van der Waals surface area contributed by atoms with Gasteiger partial charge in [-0.25, -0.2) is 4.79 Å². The first-order chi connectivity index (χ1) is 11.3. The van der Waals surface area contributed by atoms with E-state index in [2.05, 4.69) is 24.5 Å². The minimum atomic E-state index is -0.384. The van der Waals surface area contributed by atoms with Gasteiger partial charge >= 0.3 is 6.03 Å². The molecule has 0 bridgehead atoms. The van der Waals surface area contributed by atoms with E-state index in [1.54, 1.807) is 24.1 Å². The molecule has 0 aliphatic rings. The summed E-state index contributed by atoms with van der Waals surface area (Å²) in [6.45, 7) is 5.01. The largest absolute Gasteiger partial charge is 0.344 e. The van der Waals surface area contributed by atoms with Crippen molar-refractivity contribution in [1.29, 1.82) is 0 Å².